The number of alkyl halides is 1. The number of nitrogens with zero attached hydrogens (tertiary/aromatic N) is 1. The van der Waals surface area contributed by atoms with Crippen molar-refractivity contribution in [2.45, 2.75) is 36.4 Å². The van der Waals surface area contributed by atoms with E-state index in [4.69, 9.17) is 0 Å². The van der Waals surface area contributed by atoms with Crippen molar-refractivity contribution < 1.29 is 8.42 Å². The molecular weight excluding hydrogens is 338 g/mol. The van der Waals surface area contributed by atoms with E-state index in [9.17, 15) is 8.42 Å². The van der Waals surface area contributed by atoms with Crippen LogP contribution in [-0.2, 0) is 9.84 Å². The maximum Gasteiger partial charge on any atom is 0.178 e. The molecule has 0 bridgehead atoms. The van der Waals surface area contributed by atoms with Gasteiger partial charge in [0.1, 0.15) is 0 Å². The summed E-state index contributed by atoms with van der Waals surface area (Å²) in [5, 5.41) is 0. The van der Waals surface area contributed by atoms with E-state index in [1.54, 1.807) is 12.1 Å². The average Bonchev–Trinajstić information content (AvgIpc) is 2.42. The first-order valence-electron chi connectivity index (χ1n) is 7.16. The van der Waals surface area contributed by atoms with Crippen LogP contribution in [0.5, 0.6) is 0 Å². The molecule has 0 aliphatic carbocycles. The van der Waals surface area contributed by atoms with Gasteiger partial charge >= 0.3 is 0 Å². The third-order valence-corrected chi connectivity index (χ3v) is 7.13. The standard InChI is InChI=1S/C15H22BrNO2S/c1-3-10-20(18,19)14-6-4-13(5-7-14)17-9-8-15(16)12(2)11-17/h4-7,12,15H,3,8-11H2,1-2H3. The van der Waals surface area contributed by atoms with Crippen LogP contribution in [0.15, 0.2) is 29.2 Å². The monoisotopic (exact) mass is 359 g/mol. The molecule has 5 heteroatoms. The topological polar surface area (TPSA) is 37.4 Å². The molecule has 2 rings (SSSR count). The number of piperidine rings is 1. The summed E-state index contributed by atoms with van der Waals surface area (Å²) in [5.41, 5.74) is 1.12. The van der Waals surface area contributed by atoms with Gasteiger partial charge in [0.2, 0.25) is 0 Å². The molecule has 0 radical (unpaired) electrons. The third-order valence-electron chi connectivity index (χ3n) is 3.83. The highest BCUT2D eigenvalue weighted by Crippen LogP contribution is 2.28. The molecule has 2 atom stereocenters. The van der Waals surface area contributed by atoms with Gasteiger partial charge in [0.25, 0.3) is 0 Å². The molecule has 1 fully saturated rings. The van der Waals surface area contributed by atoms with E-state index in [1.807, 2.05) is 19.1 Å². The molecule has 0 aromatic heterocycles. The maximum absolute atomic E-state index is 12.0. The van der Waals surface area contributed by atoms with Crippen LogP contribution in [0.3, 0.4) is 0 Å². The van der Waals surface area contributed by atoms with Crippen molar-refractivity contribution in [2.75, 3.05) is 23.7 Å². The molecule has 1 saturated heterocycles. The second-order valence-electron chi connectivity index (χ2n) is 5.54. The van der Waals surface area contributed by atoms with Crippen molar-refractivity contribution in [3.63, 3.8) is 0 Å². The lowest BCUT2D eigenvalue weighted by Gasteiger charge is -2.36. The Morgan fingerprint density at radius 1 is 1.30 bits per heavy atom. The molecule has 3 nitrogen and oxygen atoms in total. The van der Waals surface area contributed by atoms with Crippen molar-refractivity contribution in [3.05, 3.63) is 24.3 Å². The first-order valence-corrected chi connectivity index (χ1v) is 9.72. The molecule has 0 N–H and O–H groups in total. The maximum atomic E-state index is 12.0. The van der Waals surface area contributed by atoms with Gasteiger partial charge < -0.3 is 4.90 Å². The van der Waals surface area contributed by atoms with Crippen LogP contribution >= 0.6 is 15.9 Å². The van der Waals surface area contributed by atoms with Crippen LogP contribution in [0.1, 0.15) is 26.7 Å². The number of rotatable bonds is 4. The van der Waals surface area contributed by atoms with Gasteiger partial charge in [-0.25, -0.2) is 8.42 Å². The minimum Gasteiger partial charge on any atom is -0.371 e. The Hall–Kier alpha value is -0.550. The zero-order valence-corrected chi connectivity index (χ0v) is 14.5. The van der Waals surface area contributed by atoms with Gasteiger partial charge in [-0.05, 0) is 43.0 Å². The third kappa shape index (κ3) is 3.55. The van der Waals surface area contributed by atoms with Crippen LogP contribution in [0.4, 0.5) is 5.69 Å². The van der Waals surface area contributed by atoms with Crippen molar-refractivity contribution >= 4 is 31.5 Å². The molecule has 20 heavy (non-hydrogen) atoms. The quantitative estimate of drug-likeness (QED) is 0.772. The van der Waals surface area contributed by atoms with Crippen molar-refractivity contribution in [2.24, 2.45) is 5.92 Å². The van der Waals surface area contributed by atoms with Crippen molar-refractivity contribution in [1.29, 1.82) is 0 Å². The minimum atomic E-state index is -3.10. The predicted octanol–water partition coefficient (Wildman–Crippen LogP) is 3.48. The largest absolute Gasteiger partial charge is 0.371 e. The smallest absolute Gasteiger partial charge is 0.178 e. The molecule has 1 aromatic rings. The van der Waals surface area contributed by atoms with E-state index in [1.165, 1.54) is 0 Å². The molecule has 1 aliphatic rings. The van der Waals surface area contributed by atoms with Gasteiger partial charge in [0.05, 0.1) is 10.6 Å². The number of hydrogen-bond acceptors (Lipinski definition) is 3. The number of anilines is 1. The van der Waals surface area contributed by atoms with E-state index >= 15 is 0 Å². The lowest BCUT2D eigenvalue weighted by Crippen LogP contribution is -2.39. The molecule has 1 aromatic carbocycles. The van der Waals surface area contributed by atoms with E-state index in [0.717, 1.165) is 25.2 Å². The lowest BCUT2D eigenvalue weighted by molar-refractivity contribution is 0.466. The number of hydrogen-bond donors (Lipinski definition) is 0. The normalized spacial score (nSPS) is 23.9. The Morgan fingerprint density at radius 3 is 2.50 bits per heavy atom. The predicted molar refractivity (Wildman–Crippen MR) is 87.5 cm³/mol. The molecule has 0 saturated carbocycles. The summed E-state index contributed by atoms with van der Waals surface area (Å²) in [5.74, 6) is 0.825. The summed E-state index contributed by atoms with van der Waals surface area (Å²) < 4.78 is 24.0. The summed E-state index contributed by atoms with van der Waals surface area (Å²) in [4.78, 5) is 3.35. The Morgan fingerprint density at radius 2 is 1.95 bits per heavy atom. The SMILES string of the molecule is CCCS(=O)(=O)c1ccc(N2CCC(Br)C(C)C2)cc1. The summed E-state index contributed by atoms with van der Waals surface area (Å²) in [6, 6.07) is 7.35. The Kier molecular flexibility index (Phi) is 5.13. The zero-order chi connectivity index (χ0) is 14.8. The first kappa shape index (κ1) is 15.8. The Balaban J connectivity index is 2.13. The molecule has 112 valence electrons. The van der Waals surface area contributed by atoms with Crippen LogP contribution in [0.25, 0.3) is 0 Å². The van der Waals surface area contributed by atoms with Gasteiger partial charge in [-0.3, -0.25) is 0 Å². The summed E-state index contributed by atoms with van der Waals surface area (Å²) in [6.45, 7) is 6.15. The average molecular weight is 360 g/mol. The lowest BCUT2D eigenvalue weighted by atomic mass is 9.99. The van der Waals surface area contributed by atoms with Gasteiger partial charge in [0, 0.05) is 23.6 Å². The molecule has 1 aliphatic heterocycles. The van der Waals surface area contributed by atoms with Gasteiger partial charge in [-0.15, -0.1) is 0 Å². The van der Waals surface area contributed by atoms with Crippen LogP contribution in [0.2, 0.25) is 0 Å². The number of sulfone groups is 1. The molecular formula is C15H22BrNO2S. The Labute approximate surface area is 130 Å². The summed E-state index contributed by atoms with van der Waals surface area (Å²) >= 11 is 3.70. The molecule has 0 amide bonds. The molecule has 2 unspecified atom stereocenters. The molecule has 0 spiro atoms. The highest BCUT2D eigenvalue weighted by atomic mass is 79.9. The summed E-state index contributed by atoms with van der Waals surface area (Å²) in [7, 11) is -3.10. The van der Waals surface area contributed by atoms with Gasteiger partial charge in [-0.2, -0.15) is 0 Å². The number of benzene rings is 1. The fourth-order valence-corrected chi connectivity index (χ4v) is 4.30. The van der Waals surface area contributed by atoms with Crippen molar-refractivity contribution in [3.8, 4) is 0 Å². The summed E-state index contributed by atoms with van der Waals surface area (Å²) in [6.07, 6.45) is 1.78. The number of halogens is 1. The first-order chi connectivity index (χ1) is 9.44. The van der Waals surface area contributed by atoms with Crippen LogP contribution in [-0.4, -0.2) is 32.1 Å². The van der Waals surface area contributed by atoms with E-state index in [-0.39, 0.29) is 5.75 Å². The van der Waals surface area contributed by atoms with E-state index in [0.29, 0.717) is 22.1 Å². The Bertz CT molecular complexity index is 541. The van der Waals surface area contributed by atoms with Crippen LogP contribution < -0.4 is 4.90 Å². The fourth-order valence-electron chi connectivity index (χ4n) is 2.60. The van der Waals surface area contributed by atoms with E-state index < -0.39 is 9.84 Å². The second-order valence-corrected chi connectivity index (χ2v) is 8.83. The minimum absolute atomic E-state index is 0.221. The highest BCUT2D eigenvalue weighted by molar-refractivity contribution is 9.09. The van der Waals surface area contributed by atoms with Gasteiger partial charge in [-0.1, -0.05) is 29.8 Å². The van der Waals surface area contributed by atoms with Crippen LogP contribution in [0, 0.1) is 5.92 Å². The van der Waals surface area contributed by atoms with Gasteiger partial charge in [0.15, 0.2) is 9.84 Å². The second kappa shape index (κ2) is 6.48. The van der Waals surface area contributed by atoms with E-state index in [2.05, 4.69) is 27.8 Å². The fraction of sp³-hybridized carbons (Fsp3) is 0.600. The molecule has 1 heterocycles. The highest BCUT2D eigenvalue weighted by Gasteiger charge is 2.24. The van der Waals surface area contributed by atoms with Crippen molar-refractivity contribution in [1.82, 2.24) is 0 Å². The zero-order valence-electron chi connectivity index (χ0n) is 12.0.